The van der Waals surface area contributed by atoms with E-state index in [0.717, 1.165) is 93.6 Å². The Balaban J connectivity index is 1.10. The minimum Gasteiger partial charge on any atom is -0.349 e. The van der Waals surface area contributed by atoms with E-state index >= 15 is 0 Å². The van der Waals surface area contributed by atoms with Crippen LogP contribution in [0.1, 0.15) is 109 Å². The monoisotopic (exact) mass is 708 g/mol. The number of carbonyl (C=O) groups is 2. The summed E-state index contributed by atoms with van der Waals surface area (Å²) in [6.45, 7) is 0. The molecule has 6 rings (SSSR count). The van der Waals surface area contributed by atoms with Gasteiger partial charge >= 0.3 is 0 Å². The van der Waals surface area contributed by atoms with E-state index in [1.54, 1.807) is 28.4 Å². The molecule has 0 radical (unpaired) electrons. The average Bonchev–Trinajstić information content (AvgIpc) is 3.55. The summed E-state index contributed by atoms with van der Waals surface area (Å²) in [5.74, 6) is 0.925. The topological polar surface area (TPSA) is 89.4 Å². The van der Waals surface area contributed by atoms with Gasteiger partial charge in [0.05, 0.1) is 11.1 Å². The number of thiocarbonyl (C=S) groups is 4. The largest absolute Gasteiger partial charge is 0.349 e. The lowest BCUT2D eigenvalue weighted by molar-refractivity contribution is -0.130. The number of amides is 2. The van der Waals surface area contributed by atoms with Gasteiger partial charge in [0.25, 0.3) is 0 Å². The first-order valence-corrected chi connectivity index (χ1v) is 19.6. The number of aliphatic imine (C=N–C) groups is 2. The molecule has 6 aliphatic rings. The van der Waals surface area contributed by atoms with E-state index in [9.17, 15) is 9.59 Å². The van der Waals surface area contributed by atoms with Crippen LogP contribution in [-0.2, 0) is 9.59 Å². The fourth-order valence-electron chi connectivity index (χ4n) is 7.81. The van der Waals surface area contributed by atoms with E-state index in [-0.39, 0.29) is 34.4 Å². The molecule has 0 aromatic heterocycles. The second kappa shape index (κ2) is 13.6. The lowest BCUT2D eigenvalue weighted by Gasteiger charge is -2.39. The van der Waals surface area contributed by atoms with E-state index in [4.69, 9.17) is 48.9 Å². The van der Waals surface area contributed by atoms with Crippen LogP contribution in [0.4, 0.5) is 0 Å². The van der Waals surface area contributed by atoms with Gasteiger partial charge in [0.2, 0.25) is 11.8 Å². The Morgan fingerprint density at radius 3 is 1.57 bits per heavy atom. The quantitative estimate of drug-likeness (QED) is 0.311. The maximum atomic E-state index is 13.9. The summed E-state index contributed by atoms with van der Waals surface area (Å²) in [5.41, 5.74) is -1.02. The highest BCUT2D eigenvalue weighted by atomic mass is 32.2. The summed E-state index contributed by atoms with van der Waals surface area (Å²) in [5, 5.41) is 10.2. The molecular weight excluding hydrogens is 669 g/mol. The number of carbonyl (C=O) groups excluding carboxylic acids is 2. The number of hydrogen-bond acceptors (Lipinski definition) is 8. The fraction of sp³-hybridized carbons (Fsp3) is 0.733. The third kappa shape index (κ3) is 6.16. The second-order valence-electron chi connectivity index (χ2n) is 12.8. The minimum atomic E-state index is -0.689. The molecule has 3 aliphatic heterocycles. The SMILES string of the molecule is O=C(CCSC1=NC(=S)NC12CCCCC2)N1C(=S)N(C(=O)CCSC2=NC(=S)NC23CCCCC3)C2(CCCCC2)C1=S. The van der Waals surface area contributed by atoms with Gasteiger partial charge < -0.3 is 10.6 Å². The van der Waals surface area contributed by atoms with Gasteiger partial charge in [-0.3, -0.25) is 14.5 Å². The van der Waals surface area contributed by atoms with Crippen molar-refractivity contribution in [2.75, 3.05) is 11.5 Å². The first kappa shape index (κ1) is 32.9. The molecule has 2 amide bonds. The van der Waals surface area contributed by atoms with Crippen molar-refractivity contribution in [1.29, 1.82) is 0 Å². The number of nitrogens with zero attached hydrogens (tertiary/aromatic N) is 4. The molecule has 3 spiro atoms. The molecule has 3 saturated carbocycles. The smallest absolute Gasteiger partial charge is 0.234 e. The Morgan fingerprint density at radius 2 is 1.09 bits per heavy atom. The van der Waals surface area contributed by atoms with Crippen LogP contribution in [-0.4, -0.2) is 80.1 Å². The van der Waals surface area contributed by atoms with E-state index < -0.39 is 5.54 Å². The highest BCUT2D eigenvalue weighted by molar-refractivity contribution is 8.14. The van der Waals surface area contributed by atoms with E-state index in [0.29, 0.717) is 33.1 Å². The molecule has 2 N–H and O–H groups in total. The molecule has 3 heterocycles. The normalized spacial score (nSPS) is 25.5. The van der Waals surface area contributed by atoms with E-state index in [2.05, 4.69) is 20.6 Å². The van der Waals surface area contributed by atoms with Crippen LogP contribution in [0.3, 0.4) is 0 Å². The Hall–Kier alpha value is -1.06. The minimum absolute atomic E-state index is 0.0672. The molecule has 44 heavy (non-hydrogen) atoms. The Bertz CT molecular complexity index is 1310. The predicted octanol–water partition coefficient (Wildman–Crippen LogP) is 6.20. The predicted molar refractivity (Wildman–Crippen MR) is 197 cm³/mol. The van der Waals surface area contributed by atoms with Crippen LogP contribution in [0.25, 0.3) is 0 Å². The molecule has 4 fully saturated rings. The molecule has 1 saturated heterocycles. The standard InChI is InChI=1S/C30H40N6O2S6/c37-20(10-18-43-22-28(33-25(40)31-22)12-4-1-5-13-28)35-24(39)30(16-8-3-9-17-30)36(27(35)42)21(38)11-19-44-23-29(34-26(41)32-23)14-6-2-7-15-29/h1-19H2,(H,33,40)(H,34,41). The first-order chi connectivity index (χ1) is 21.2. The van der Waals surface area contributed by atoms with Crippen molar-refractivity contribution >= 4 is 115 Å². The summed E-state index contributed by atoms with van der Waals surface area (Å²) in [6, 6.07) is 0. The van der Waals surface area contributed by atoms with Crippen LogP contribution in [0, 0.1) is 0 Å². The lowest BCUT2D eigenvalue weighted by atomic mass is 9.80. The number of nitrogens with one attached hydrogen (secondary N) is 2. The maximum Gasteiger partial charge on any atom is 0.234 e. The zero-order chi connectivity index (χ0) is 31.0. The molecule has 0 atom stereocenters. The van der Waals surface area contributed by atoms with Crippen molar-refractivity contribution in [3.8, 4) is 0 Å². The van der Waals surface area contributed by atoms with Gasteiger partial charge in [-0.1, -0.05) is 70.0 Å². The van der Waals surface area contributed by atoms with Crippen molar-refractivity contribution in [2.24, 2.45) is 9.98 Å². The Morgan fingerprint density at radius 1 is 0.659 bits per heavy atom. The molecule has 3 aliphatic carbocycles. The molecular formula is C30H40N6O2S6. The maximum absolute atomic E-state index is 13.9. The lowest BCUT2D eigenvalue weighted by Crippen LogP contribution is -2.53. The Labute approximate surface area is 290 Å². The van der Waals surface area contributed by atoms with Crippen LogP contribution in [0.5, 0.6) is 0 Å². The van der Waals surface area contributed by atoms with Gasteiger partial charge in [-0.25, -0.2) is 14.9 Å². The summed E-state index contributed by atoms with van der Waals surface area (Å²) in [4.78, 5) is 40.7. The molecule has 238 valence electrons. The van der Waals surface area contributed by atoms with Crippen LogP contribution in [0.15, 0.2) is 9.98 Å². The zero-order valence-electron chi connectivity index (χ0n) is 25.0. The van der Waals surface area contributed by atoms with Crippen molar-refractivity contribution in [2.45, 2.75) is 126 Å². The third-order valence-electron chi connectivity index (χ3n) is 10.0. The van der Waals surface area contributed by atoms with Crippen molar-refractivity contribution < 1.29 is 9.59 Å². The van der Waals surface area contributed by atoms with Gasteiger partial charge in [0.1, 0.15) is 20.6 Å². The van der Waals surface area contributed by atoms with Crippen molar-refractivity contribution in [3.05, 3.63) is 0 Å². The molecule has 8 nitrogen and oxygen atoms in total. The first-order valence-electron chi connectivity index (χ1n) is 16.0. The summed E-state index contributed by atoms with van der Waals surface area (Å²) < 4.78 is 0. The van der Waals surface area contributed by atoms with Gasteiger partial charge in [-0.05, 0) is 75.2 Å². The summed E-state index contributed by atoms with van der Waals surface area (Å²) in [6.07, 6.45) is 16.2. The fourth-order valence-corrected chi connectivity index (χ4v) is 11.8. The van der Waals surface area contributed by atoms with Crippen molar-refractivity contribution in [1.82, 2.24) is 20.4 Å². The molecule has 0 unspecified atom stereocenters. The van der Waals surface area contributed by atoms with Crippen LogP contribution >= 0.6 is 72.4 Å². The Kier molecular flexibility index (Phi) is 10.1. The molecule has 14 heteroatoms. The summed E-state index contributed by atoms with van der Waals surface area (Å²) >= 11 is 25.9. The number of thioether (sulfide) groups is 2. The average molecular weight is 709 g/mol. The van der Waals surface area contributed by atoms with Gasteiger partial charge in [-0.15, -0.1) is 23.5 Å². The van der Waals surface area contributed by atoms with Gasteiger partial charge in [-0.2, -0.15) is 0 Å². The van der Waals surface area contributed by atoms with Gasteiger partial charge in [0, 0.05) is 24.3 Å². The molecule has 0 aromatic carbocycles. The number of rotatable bonds is 6. The third-order valence-corrected chi connectivity index (χ3v) is 13.7. The van der Waals surface area contributed by atoms with Crippen LogP contribution in [0.2, 0.25) is 0 Å². The van der Waals surface area contributed by atoms with Gasteiger partial charge in [0.15, 0.2) is 15.3 Å². The number of hydrogen-bond donors (Lipinski definition) is 2. The van der Waals surface area contributed by atoms with E-state index in [1.165, 1.54) is 17.7 Å². The van der Waals surface area contributed by atoms with Crippen LogP contribution < -0.4 is 10.6 Å². The second-order valence-corrected chi connectivity index (χ2v) is 16.5. The zero-order valence-corrected chi connectivity index (χ0v) is 29.9. The van der Waals surface area contributed by atoms with E-state index in [1.807, 2.05) is 0 Å². The highest BCUT2D eigenvalue weighted by Crippen LogP contribution is 2.43. The van der Waals surface area contributed by atoms with Crippen molar-refractivity contribution in [3.63, 3.8) is 0 Å². The molecule has 0 aromatic rings. The molecule has 0 bridgehead atoms. The summed E-state index contributed by atoms with van der Waals surface area (Å²) in [7, 11) is 0. The highest BCUT2D eigenvalue weighted by Gasteiger charge is 2.56.